The monoisotopic (exact) mass is 420 g/mol. The molecule has 1 fully saturated rings. The average Bonchev–Trinajstić information content (AvgIpc) is 2.73. The molecule has 156 valence electrons. The number of nitrogens with one attached hydrogen (secondary N) is 1. The summed E-state index contributed by atoms with van der Waals surface area (Å²) in [5.41, 5.74) is 0.825. The van der Waals surface area contributed by atoms with Crippen molar-refractivity contribution in [1.29, 1.82) is 0 Å². The fourth-order valence-corrected chi connectivity index (χ4v) is 5.10. The number of sulfonamides is 1. The van der Waals surface area contributed by atoms with Gasteiger partial charge in [0.25, 0.3) is 0 Å². The topological polar surface area (TPSA) is 75.7 Å². The maximum atomic E-state index is 13.2. The molecule has 3 rings (SSSR count). The maximum absolute atomic E-state index is 13.2. The van der Waals surface area contributed by atoms with E-state index >= 15 is 0 Å². The smallest absolute Gasteiger partial charge is 0.243 e. The van der Waals surface area contributed by atoms with E-state index in [0.717, 1.165) is 24.1 Å². The van der Waals surface area contributed by atoms with Crippen LogP contribution < -0.4 is 10.1 Å². The fraction of sp³-hybridized carbons (Fsp3) is 0.381. The molecular weight excluding hydrogens is 395 g/mol. The van der Waals surface area contributed by atoms with Crippen molar-refractivity contribution in [3.8, 4) is 5.75 Å². The van der Waals surface area contributed by atoms with Gasteiger partial charge in [-0.3, -0.25) is 4.79 Å². The molecule has 0 aromatic heterocycles. The van der Waals surface area contributed by atoms with E-state index in [9.17, 15) is 17.6 Å². The Bertz CT molecular complexity index is 947. The van der Waals surface area contributed by atoms with E-state index in [1.807, 2.05) is 31.2 Å². The lowest BCUT2D eigenvalue weighted by Crippen LogP contribution is -2.51. The largest absolute Gasteiger partial charge is 0.494 e. The minimum absolute atomic E-state index is 0.0136. The van der Waals surface area contributed by atoms with Gasteiger partial charge in [-0.1, -0.05) is 24.6 Å². The van der Waals surface area contributed by atoms with Crippen molar-refractivity contribution in [3.63, 3.8) is 0 Å². The molecule has 0 saturated carbocycles. The summed E-state index contributed by atoms with van der Waals surface area (Å²) in [5.74, 6) is -0.165. The molecule has 0 aliphatic carbocycles. The highest BCUT2D eigenvalue weighted by Gasteiger charge is 2.37. The van der Waals surface area contributed by atoms with Gasteiger partial charge in [0.15, 0.2) is 0 Å². The number of hydrogen-bond acceptors (Lipinski definition) is 4. The van der Waals surface area contributed by atoms with Gasteiger partial charge in [-0.15, -0.1) is 0 Å². The summed E-state index contributed by atoms with van der Waals surface area (Å²) in [5, 5.41) is 2.85. The van der Waals surface area contributed by atoms with Gasteiger partial charge in [0.1, 0.15) is 17.6 Å². The third-order valence-corrected chi connectivity index (χ3v) is 6.82. The van der Waals surface area contributed by atoms with Crippen LogP contribution in [0.3, 0.4) is 0 Å². The van der Waals surface area contributed by atoms with E-state index in [2.05, 4.69) is 5.32 Å². The molecule has 2 aromatic rings. The quantitative estimate of drug-likeness (QED) is 0.747. The summed E-state index contributed by atoms with van der Waals surface area (Å²) in [6.45, 7) is 2.90. The lowest BCUT2D eigenvalue weighted by Gasteiger charge is -2.33. The molecule has 6 nitrogen and oxygen atoms in total. The molecule has 1 heterocycles. The summed E-state index contributed by atoms with van der Waals surface area (Å²) < 4.78 is 46.0. The van der Waals surface area contributed by atoms with Crippen molar-refractivity contribution in [2.75, 3.05) is 13.2 Å². The Balaban J connectivity index is 1.75. The van der Waals surface area contributed by atoms with E-state index in [4.69, 9.17) is 4.74 Å². The zero-order valence-electron chi connectivity index (χ0n) is 16.3. The molecule has 1 saturated heterocycles. The molecule has 1 aliphatic heterocycles. The van der Waals surface area contributed by atoms with Crippen molar-refractivity contribution in [1.82, 2.24) is 9.62 Å². The van der Waals surface area contributed by atoms with Crippen molar-refractivity contribution < 1.29 is 22.3 Å². The van der Waals surface area contributed by atoms with Crippen molar-refractivity contribution in [2.45, 2.75) is 43.7 Å². The Morgan fingerprint density at radius 2 is 1.90 bits per heavy atom. The molecule has 8 heteroatoms. The van der Waals surface area contributed by atoms with Crippen LogP contribution in [0.2, 0.25) is 0 Å². The molecule has 1 aliphatic rings. The number of carbonyl (C=O) groups excluding carboxylic acids is 1. The first-order valence-electron chi connectivity index (χ1n) is 9.69. The van der Waals surface area contributed by atoms with Crippen LogP contribution in [0.4, 0.5) is 4.39 Å². The van der Waals surface area contributed by atoms with Crippen LogP contribution in [0.25, 0.3) is 0 Å². The van der Waals surface area contributed by atoms with E-state index < -0.39 is 21.9 Å². The van der Waals surface area contributed by atoms with Crippen molar-refractivity contribution in [3.05, 3.63) is 59.9 Å². The highest BCUT2D eigenvalue weighted by molar-refractivity contribution is 7.89. The normalized spacial score (nSPS) is 17.7. The summed E-state index contributed by atoms with van der Waals surface area (Å²) in [6.07, 6.45) is 1.89. The Morgan fingerprint density at radius 3 is 2.62 bits per heavy atom. The molecule has 1 amide bonds. The minimum Gasteiger partial charge on any atom is -0.494 e. The molecule has 29 heavy (non-hydrogen) atoms. The number of piperidine rings is 1. The zero-order chi connectivity index (χ0) is 20.9. The van der Waals surface area contributed by atoms with Crippen LogP contribution in [0.15, 0.2) is 53.4 Å². The Hall–Kier alpha value is -2.45. The summed E-state index contributed by atoms with van der Waals surface area (Å²) in [6, 6.07) is 11.3. The first-order chi connectivity index (χ1) is 13.9. The van der Waals surface area contributed by atoms with E-state index in [1.165, 1.54) is 16.4 Å². The third-order valence-electron chi connectivity index (χ3n) is 4.90. The van der Waals surface area contributed by atoms with Gasteiger partial charge in [-0.05, 0) is 50.1 Å². The van der Waals surface area contributed by atoms with Gasteiger partial charge in [-0.2, -0.15) is 4.31 Å². The highest BCUT2D eigenvalue weighted by atomic mass is 32.2. The standard InChI is InChI=1S/C21H25FN2O4S/c1-2-28-20-9-4-3-7-16(20)15-23-21(25)19-8-5-6-14-24(19)29(26,27)18-12-10-17(22)11-13-18/h3-4,7,9-13,19H,2,5-6,8,14-15H2,1H3,(H,23,25). The fourth-order valence-electron chi connectivity index (χ4n) is 3.44. The number of ether oxygens (including phenoxy) is 1. The first-order valence-corrected chi connectivity index (χ1v) is 11.1. The number of para-hydroxylation sites is 1. The highest BCUT2D eigenvalue weighted by Crippen LogP contribution is 2.26. The number of benzene rings is 2. The van der Waals surface area contributed by atoms with Gasteiger partial charge in [-0.25, -0.2) is 12.8 Å². The van der Waals surface area contributed by atoms with Crippen LogP contribution in [0.5, 0.6) is 5.75 Å². The first kappa shape index (κ1) is 21.3. The Labute approximate surface area is 170 Å². The Morgan fingerprint density at radius 1 is 1.17 bits per heavy atom. The summed E-state index contributed by atoms with van der Waals surface area (Å²) in [4.78, 5) is 12.9. The van der Waals surface area contributed by atoms with Gasteiger partial charge in [0.05, 0.1) is 11.5 Å². The van der Waals surface area contributed by atoms with Gasteiger partial charge < -0.3 is 10.1 Å². The molecule has 2 aromatic carbocycles. The number of nitrogens with zero attached hydrogens (tertiary/aromatic N) is 1. The third kappa shape index (κ3) is 4.94. The molecule has 0 bridgehead atoms. The number of rotatable bonds is 7. The SMILES string of the molecule is CCOc1ccccc1CNC(=O)C1CCCCN1S(=O)(=O)c1ccc(F)cc1. The lowest BCUT2D eigenvalue weighted by atomic mass is 10.0. The molecule has 1 N–H and O–H groups in total. The van der Waals surface area contributed by atoms with Crippen LogP contribution >= 0.6 is 0 Å². The van der Waals surface area contributed by atoms with Crippen molar-refractivity contribution >= 4 is 15.9 Å². The number of amides is 1. The molecule has 0 spiro atoms. The van der Waals surface area contributed by atoms with Crippen LogP contribution in [-0.4, -0.2) is 37.8 Å². The van der Waals surface area contributed by atoms with Crippen LogP contribution in [0.1, 0.15) is 31.7 Å². The predicted molar refractivity (Wildman–Crippen MR) is 107 cm³/mol. The minimum atomic E-state index is -3.89. The number of carbonyl (C=O) groups is 1. The van der Waals surface area contributed by atoms with E-state index in [0.29, 0.717) is 25.2 Å². The second-order valence-electron chi connectivity index (χ2n) is 6.84. The van der Waals surface area contributed by atoms with E-state index in [1.54, 1.807) is 0 Å². The summed E-state index contributed by atoms with van der Waals surface area (Å²) in [7, 11) is -3.89. The second kappa shape index (κ2) is 9.37. The molecular formula is C21H25FN2O4S. The van der Waals surface area contributed by atoms with Crippen LogP contribution in [-0.2, 0) is 21.4 Å². The lowest BCUT2D eigenvalue weighted by molar-refractivity contribution is -0.125. The molecule has 1 unspecified atom stereocenters. The molecule has 1 atom stereocenters. The summed E-state index contributed by atoms with van der Waals surface area (Å²) >= 11 is 0. The number of halogens is 1. The van der Waals surface area contributed by atoms with Gasteiger partial charge in [0, 0.05) is 18.7 Å². The number of hydrogen-bond donors (Lipinski definition) is 1. The zero-order valence-corrected chi connectivity index (χ0v) is 17.1. The second-order valence-corrected chi connectivity index (χ2v) is 8.73. The van der Waals surface area contributed by atoms with Crippen LogP contribution in [0, 0.1) is 5.82 Å². The van der Waals surface area contributed by atoms with Crippen molar-refractivity contribution in [2.24, 2.45) is 0 Å². The average molecular weight is 421 g/mol. The Kier molecular flexibility index (Phi) is 6.87. The predicted octanol–water partition coefficient (Wildman–Crippen LogP) is 3.08. The van der Waals surface area contributed by atoms with Gasteiger partial charge in [0.2, 0.25) is 15.9 Å². The maximum Gasteiger partial charge on any atom is 0.243 e. The molecule has 0 radical (unpaired) electrons. The van der Waals surface area contributed by atoms with Gasteiger partial charge >= 0.3 is 0 Å². The van der Waals surface area contributed by atoms with E-state index in [-0.39, 0.29) is 23.9 Å².